The van der Waals surface area contributed by atoms with Gasteiger partial charge in [0.2, 0.25) is 12.2 Å². The van der Waals surface area contributed by atoms with Crippen molar-refractivity contribution in [2.24, 2.45) is 15.9 Å². The van der Waals surface area contributed by atoms with Gasteiger partial charge >= 0.3 is 0 Å². The van der Waals surface area contributed by atoms with Crippen molar-refractivity contribution >= 4 is 17.8 Å². The van der Waals surface area contributed by atoms with Gasteiger partial charge in [0.1, 0.15) is 0 Å². The molecule has 2 unspecified atom stereocenters. The van der Waals surface area contributed by atoms with E-state index in [1.165, 1.54) is 0 Å². The number of aliphatic imine (C=N–C) groups is 2. The summed E-state index contributed by atoms with van der Waals surface area (Å²) in [6, 6.07) is 7.77. The van der Waals surface area contributed by atoms with Gasteiger partial charge in [-0.3, -0.25) is 0 Å². The van der Waals surface area contributed by atoms with Gasteiger partial charge in [0.05, 0.1) is 11.7 Å². The summed E-state index contributed by atoms with van der Waals surface area (Å²) in [6.45, 7) is 0. The molecule has 0 N–H and O–H groups in total. The molecule has 1 aliphatic rings. The molecular formula is C15H16N2O2. The van der Waals surface area contributed by atoms with Crippen molar-refractivity contribution < 1.29 is 9.59 Å². The maximum absolute atomic E-state index is 10.3. The van der Waals surface area contributed by atoms with Crippen LogP contribution >= 0.6 is 0 Å². The quantitative estimate of drug-likeness (QED) is 0.614. The first-order valence-electron chi connectivity index (χ1n) is 6.55. The summed E-state index contributed by atoms with van der Waals surface area (Å²) >= 11 is 0. The monoisotopic (exact) mass is 256 g/mol. The summed E-state index contributed by atoms with van der Waals surface area (Å²) in [5, 5.41) is 0. The van der Waals surface area contributed by atoms with Crippen LogP contribution in [-0.2, 0) is 16.0 Å². The molecule has 98 valence electrons. The van der Waals surface area contributed by atoms with E-state index in [0.717, 1.165) is 37.7 Å². The van der Waals surface area contributed by atoms with Crippen LogP contribution in [-0.4, -0.2) is 18.2 Å². The zero-order valence-corrected chi connectivity index (χ0v) is 10.7. The Kier molecular flexibility index (Phi) is 4.79. The minimum absolute atomic E-state index is 0.132. The zero-order valence-electron chi connectivity index (χ0n) is 10.7. The van der Waals surface area contributed by atoms with E-state index in [-0.39, 0.29) is 6.04 Å². The highest BCUT2D eigenvalue weighted by Crippen LogP contribution is 2.29. The van der Waals surface area contributed by atoms with Crippen molar-refractivity contribution in [1.29, 1.82) is 0 Å². The number of rotatable bonds is 4. The van der Waals surface area contributed by atoms with E-state index in [2.05, 4.69) is 9.98 Å². The molecule has 0 saturated heterocycles. The van der Waals surface area contributed by atoms with Gasteiger partial charge in [-0.15, -0.1) is 0 Å². The van der Waals surface area contributed by atoms with Gasteiger partial charge in [0.25, 0.3) is 0 Å². The van der Waals surface area contributed by atoms with Crippen molar-refractivity contribution in [3.05, 3.63) is 29.8 Å². The van der Waals surface area contributed by atoms with E-state index in [1.807, 2.05) is 18.2 Å². The average Bonchev–Trinajstić information content (AvgIpc) is 2.40. The van der Waals surface area contributed by atoms with E-state index >= 15 is 0 Å². The lowest BCUT2D eigenvalue weighted by Crippen LogP contribution is -2.19. The van der Waals surface area contributed by atoms with Gasteiger partial charge in [0.15, 0.2) is 0 Å². The second-order valence-corrected chi connectivity index (χ2v) is 4.98. The summed E-state index contributed by atoms with van der Waals surface area (Å²) in [4.78, 5) is 28.0. The number of nitrogens with zero attached hydrogens (tertiary/aromatic N) is 2. The lowest BCUT2D eigenvalue weighted by atomic mass is 9.82. The third-order valence-corrected chi connectivity index (χ3v) is 3.60. The Morgan fingerprint density at radius 2 is 2.11 bits per heavy atom. The normalized spacial score (nSPS) is 22.1. The SMILES string of the molecule is O=C=Nc1cccc(CC2CCCC(N=C=O)C2)c1. The van der Waals surface area contributed by atoms with Crippen LogP contribution < -0.4 is 0 Å². The predicted molar refractivity (Wildman–Crippen MR) is 71.8 cm³/mol. The standard InChI is InChI=1S/C15H16N2O2/c18-10-16-14-5-1-3-12(8-14)7-13-4-2-6-15(9-13)17-11-19/h1,3,5,8,13,15H,2,4,6-7,9H2. The van der Waals surface area contributed by atoms with Gasteiger partial charge < -0.3 is 0 Å². The van der Waals surface area contributed by atoms with Crippen LogP contribution in [0.25, 0.3) is 0 Å². The number of carbonyl (C=O) groups excluding carboxylic acids is 2. The molecule has 0 radical (unpaired) electrons. The van der Waals surface area contributed by atoms with Crippen LogP contribution in [0.3, 0.4) is 0 Å². The van der Waals surface area contributed by atoms with Crippen molar-refractivity contribution in [1.82, 2.24) is 0 Å². The van der Waals surface area contributed by atoms with Gasteiger partial charge in [-0.2, -0.15) is 4.99 Å². The molecule has 2 rings (SSSR count). The second-order valence-electron chi connectivity index (χ2n) is 4.98. The van der Waals surface area contributed by atoms with Gasteiger partial charge in [-0.25, -0.2) is 14.6 Å². The van der Waals surface area contributed by atoms with Gasteiger partial charge in [-0.05, 0) is 49.3 Å². The van der Waals surface area contributed by atoms with Gasteiger partial charge in [-0.1, -0.05) is 18.6 Å². The average molecular weight is 256 g/mol. The Hall–Kier alpha value is -2.02. The summed E-state index contributed by atoms with van der Waals surface area (Å²) in [6.07, 6.45) is 8.35. The largest absolute Gasteiger partial charge is 0.240 e. The maximum atomic E-state index is 10.3. The Bertz CT molecular complexity index is 529. The smallest absolute Gasteiger partial charge is 0.211 e. The van der Waals surface area contributed by atoms with Crippen molar-refractivity contribution in [3.8, 4) is 0 Å². The zero-order chi connectivity index (χ0) is 13.5. The minimum atomic E-state index is 0.132. The van der Waals surface area contributed by atoms with E-state index in [0.29, 0.717) is 11.6 Å². The first-order chi connectivity index (χ1) is 9.31. The fourth-order valence-corrected chi connectivity index (χ4v) is 2.78. The fourth-order valence-electron chi connectivity index (χ4n) is 2.78. The summed E-state index contributed by atoms with van der Waals surface area (Å²) < 4.78 is 0. The van der Waals surface area contributed by atoms with E-state index in [4.69, 9.17) is 0 Å². The van der Waals surface area contributed by atoms with Crippen LogP contribution in [0.1, 0.15) is 31.2 Å². The molecule has 4 heteroatoms. The molecule has 4 nitrogen and oxygen atoms in total. The van der Waals surface area contributed by atoms with Crippen LogP contribution in [0.15, 0.2) is 34.3 Å². The number of isocyanates is 2. The highest BCUT2D eigenvalue weighted by atomic mass is 16.1. The summed E-state index contributed by atoms with van der Waals surface area (Å²) in [7, 11) is 0. The van der Waals surface area contributed by atoms with Crippen LogP contribution in [0.5, 0.6) is 0 Å². The number of hydrogen-bond donors (Lipinski definition) is 0. The molecule has 0 bridgehead atoms. The number of benzene rings is 1. The van der Waals surface area contributed by atoms with E-state index in [9.17, 15) is 9.59 Å². The van der Waals surface area contributed by atoms with E-state index in [1.54, 1.807) is 18.2 Å². The molecule has 0 aliphatic heterocycles. The second kappa shape index (κ2) is 6.79. The minimum Gasteiger partial charge on any atom is -0.211 e. The first-order valence-corrected chi connectivity index (χ1v) is 6.55. The van der Waals surface area contributed by atoms with E-state index < -0.39 is 0 Å². The van der Waals surface area contributed by atoms with Crippen LogP contribution in [0.4, 0.5) is 5.69 Å². The fraction of sp³-hybridized carbons (Fsp3) is 0.467. The highest BCUT2D eigenvalue weighted by Gasteiger charge is 2.21. The molecule has 0 aromatic heterocycles. The topological polar surface area (TPSA) is 58.9 Å². The first kappa shape index (κ1) is 13.4. The Labute approximate surface area is 112 Å². The van der Waals surface area contributed by atoms with Crippen LogP contribution in [0, 0.1) is 5.92 Å². The molecule has 2 atom stereocenters. The molecule has 1 aromatic carbocycles. The lowest BCUT2D eigenvalue weighted by Gasteiger charge is -2.25. The lowest BCUT2D eigenvalue weighted by molar-refractivity contribution is 0.321. The predicted octanol–water partition coefficient (Wildman–Crippen LogP) is 3.09. The number of hydrogen-bond acceptors (Lipinski definition) is 4. The maximum Gasteiger partial charge on any atom is 0.240 e. The van der Waals surface area contributed by atoms with Gasteiger partial charge in [0, 0.05) is 0 Å². The molecule has 0 amide bonds. The molecule has 19 heavy (non-hydrogen) atoms. The molecule has 1 fully saturated rings. The van der Waals surface area contributed by atoms with Crippen molar-refractivity contribution in [2.45, 2.75) is 38.1 Å². The molecule has 1 aliphatic carbocycles. The highest BCUT2D eigenvalue weighted by molar-refractivity contribution is 5.49. The Morgan fingerprint density at radius 3 is 2.89 bits per heavy atom. The third kappa shape index (κ3) is 3.99. The van der Waals surface area contributed by atoms with Crippen molar-refractivity contribution in [2.75, 3.05) is 0 Å². The molecule has 0 spiro atoms. The molecule has 1 saturated carbocycles. The Morgan fingerprint density at radius 1 is 1.21 bits per heavy atom. The summed E-state index contributed by atoms with van der Waals surface area (Å²) in [5.74, 6) is 0.534. The molecular weight excluding hydrogens is 240 g/mol. The summed E-state index contributed by atoms with van der Waals surface area (Å²) in [5.41, 5.74) is 1.81. The van der Waals surface area contributed by atoms with Crippen molar-refractivity contribution in [3.63, 3.8) is 0 Å². The molecule has 0 heterocycles. The third-order valence-electron chi connectivity index (χ3n) is 3.60. The Balaban J connectivity index is 2.02. The van der Waals surface area contributed by atoms with Crippen LogP contribution in [0.2, 0.25) is 0 Å². The molecule has 1 aromatic rings.